The topological polar surface area (TPSA) is 41.5 Å². The van der Waals surface area contributed by atoms with Gasteiger partial charge in [0.15, 0.2) is 5.82 Å². The summed E-state index contributed by atoms with van der Waals surface area (Å²) in [6, 6.07) is 8.69. The van der Waals surface area contributed by atoms with Crippen LogP contribution in [0.3, 0.4) is 0 Å². The van der Waals surface area contributed by atoms with Crippen molar-refractivity contribution in [2.24, 2.45) is 0 Å². The van der Waals surface area contributed by atoms with Gasteiger partial charge in [-0.15, -0.1) is 0 Å². The van der Waals surface area contributed by atoms with Crippen LogP contribution in [-0.2, 0) is 11.3 Å². The van der Waals surface area contributed by atoms with E-state index in [0.717, 1.165) is 37.1 Å². The van der Waals surface area contributed by atoms with Crippen LogP contribution in [0.4, 0.5) is 10.8 Å². The van der Waals surface area contributed by atoms with Crippen LogP contribution in [-0.4, -0.2) is 42.6 Å². The van der Waals surface area contributed by atoms with Crippen LogP contribution in [0.2, 0.25) is 0 Å². The van der Waals surface area contributed by atoms with Gasteiger partial charge in [0.05, 0.1) is 0 Å². The van der Waals surface area contributed by atoms with Gasteiger partial charge < -0.3 is 14.5 Å². The van der Waals surface area contributed by atoms with Gasteiger partial charge >= 0.3 is 0 Å². The fourth-order valence-electron chi connectivity index (χ4n) is 2.54. The molecule has 0 spiro atoms. The maximum absolute atomic E-state index is 5.07. The standard InChI is InChI=1S/C15H20N4OS/c1-12-4-3-5-13(10-12)18-6-8-19(9-7-18)15-16-14(11-20-2)17-21-15/h3-5,10H,6-9,11H2,1-2H3. The second kappa shape index (κ2) is 6.41. The van der Waals surface area contributed by atoms with Gasteiger partial charge in [0, 0.05) is 50.5 Å². The highest BCUT2D eigenvalue weighted by Crippen LogP contribution is 2.22. The van der Waals surface area contributed by atoms with Gasteiger partial charge in [0.1, 0.15) is 6.61 Å². The molecule has 0 amide bonds. The van der Waals surface area contributed by atoms with Gasteiger partial charge in [-0.3, -0.25) is 0 Å². The molecule has 0 unspecified atom stereocenters. The summed E-state index contributed by atoms with van der Waals surface area (Å²) >= 11 is 1.46. The van der Waals surface area contributed by atoms with E-state index in [-0.39, 0.29) is 0 Å². The summed E-state index contributed by atoms with van der Waals surface area (Å²) in [5, 5.41) is 1.01. The fourth-order valence-corrected chi connectivity index (χ4v) is 3.27. The first kappa shape index (κ1) is 14.3. The zero-order valence-corrected chi connectivity index (χ0v) is 13.3. The molecule has 1 aliphatic rings. The molecule has 1 saturated heterocycles. The van der Waals surface area contributed by atoms with Crippen LogP contribution in [0.15, 0.2) is 24.3 Å². The second-order valence-electron chi connectivity index (χ2n) is 5.24. The van der Waals surface area contributed by atoms with E-state index >= 15 is 0 Å². The van der Waals surface area contributed by atoms with Crippen LogP contribution >= 0.6 is 11.5 Å². The Labute approximate surface area is 129 Å². The first-order valence-corrected chi connectivity index (χ1v) is 7.91. The summed E-state index contributed by atoms with van der Waals surface area (Å²) in [4.78, 5) is 9.27. The van der Waals surface area contributed by atoms with E-state index in [1.165, 1.54) is 22.8 Å². The van der Waals surface area contributed by atoms with Gasteiger partial charge in [-0.05, 0) is 24.6 Å². The zero-order valence-electron chi connectivity index (χ0n) is 12.5. The normalized spacial score (nSPS) is 15.5. The Bertz CT molecular complexity index is 593. The lowest BCUT2D eigenvalue weighted by Gasteiger charge is -2.35. The third-order valence-corrected chi connectivity index (χ3v) is 4.46. The van der Waals surface area contributed by atoms with E-state index in [4.69, 9.17) is 4.74 Å². The molecule has 2 heterocycles. The van der Waals surface area contributed by atoms with E-state index in [9.17, 15) is 0 Å². The highest BCUT2D eigenvalue weighted by atomic mass is 32.1. The van der Waals surface area contributed by atoms with Gasteiger partial charge in [-0.1, -0.05) is 12.1 Å². The molecule has 0 atom stereocenters. The summed E-state index contributed by atoms with van der Waals surface area (Å²) in [7, 11) is 1.67. The smallest absolute Gasteiger partial charge is 0.205 e. The minimum absolute atomic E-state index is 0.486. The molecule has 0 N–H and O–H groups in total. The molecule has 112 valence electrons. The highest BCUT2D eigenvalue weighted by Gasteiger charge is 2.20. The van der Waals surface area contributed by atoms with Crippen molar-refractivity contribution in [3.8, 4) is 0 Å². The third kappa shape index (κ3) is 3.33. The Hall–Kier alpha value is -1.66. The van der Waals surface area contributed by atoms with E-state index < -0.39 is 0 Å². The maximum atomic E-state index is 5.07. The third-order valence-electron chi connectivity index (χ3n) is 3.65. The first-order chi connectivity index (χ1) is 10.3. The lowest BCUT2D eigenvalue weighted by atomic mass is 10.2. The molecule has 5 nitrogen and oxygen atoms in total. The number of aromatic nitrogens is 2. The Morgan fingerprint density at radius 1 is 1.19 bits per heavy atom. The number of ether oxygens (including phenoxy) is 1. The molecule has 0 saturated carbocycles. The predicted molar refractivity (Wildman–Crippen MR) is 86.2 cm³/mol. The average molecular weight is 304 g/mol. The van der Waals surface area contributed by atoms with Crippen molar-refractivity contribution in [2.75, 3.05) is 43.1 Å². The first-order valence-electron chi connectivity index (χ1n) is 7.14. The van der Waals surface area contributed by atoms with Gasteiger partial charge in [-0.25, -0.2) is 4.98 Å². The van der Waals surface area contributed by atoms with Crippen molar-refractivity contribution in [1.29, 1.82) is 0 Å². The van der Waals surface area contributed by atoms with Gasteiger partial charge in [0.25, 0.3) is 0 Å². The van der Waals surface area contributed by atoms with Crippen molar-refractivity contribution in [3.05, 3.63) is 35.7 Å². The Morgan fingerprint density at radius 2 is 1.95 bits per heavy atom. The number of benzene rings is 1. The van der Waals surface area contributed by atoms with E-state index in [1.807, 2.05) is 0 Å². The number of aryl methyl sites for hydroxylation is 1. The number of hydrogen-bond donors (Lipinski definition) is 0. The van der Waals surface area contributed by atoms with Crippen molar-refractivity contribution in [3.63, 3.8) is 0 Å². The summed E-state index contributed by atoms with van der Waals surface area (Å²) in [5.74, 6) is 0.776. The summed E-state index contributed by atoms with van der Waals surface area (Å²) in [6.07, 6.45) is 0. The molecule has 0 bridgehead atoms. The summed E-state index contributed by atoms with van der Waals surface area (Å²) in [6.45, 7) is 6.62. The lowest BCUT2D eigenvalue weighted by Crippen LogP contribution is -2.46. The minimum Gasteiger partial charge on any atom is -0.377 e. The lowest BCUT2D eigenvalue weighted by molar-refractivity contribution is 0.179. The quantitative estimate of drug-likeness (QED) is 0.867. The number of hydrogen-bond acceptors (Lipinski definition) is 6. The Morgan fingerprint density at radius 3 is 2.67 bits per heavy atom. The molecule has 21 heavy (non-hydrogen) atoms. The average Bonchev–Trinajstić information content (AvgIpc) is 2.97. The molecule has 1 aromatic heterocycles. The van der Waals surface area contributed by atoms with Crippen LogP contribution in [0, 0.1) is 6.92 Å². The number of nitrogens with zero attached hydrogens (tertiary/aromatic N) is 4. The predicted octanol–water partition coefficient (Wildman–Crippen LogP) is 2.32. The van der Waals surface area contributed by atoms with Crippen molar-refractivity contribution in [1.82, 2.24) is 9.36 Å². The number of rotatable bonds is 4. The molecule has 0 radical (unpaired) electrons. The Kier molecular flexibility index (Phi) is 4.36. The molecule has 2 aromatic rings. The molecular weight excluding hydrogens is 284 g/mol. The largest absolute Gasteiger partial charge is 0.377 e. The molecule has 3 rings (SSSR count). The van der Waals surface area contributed by atoms with Gasteiger partial charge in [-0.2, -0.15) is 4.37 Å². The van der Waals surface area contributed by atoms with E-state index in [1.54, 1.807) is 7.11 Å². The SMILES string of the molecule is COCc1nsc(N2CCN(c3cccc(C)c3)CC2)n1. The molecular formula is C15H20N4OS. The van der Waals surface area contributed by atoms with E-state index in [0.29, 0.717) is 6.61 Å². The van der Waals surface area contributed by atoms with Crippen LogP contribution < -0.4 is 9.80 Å². The maximum Gasteiger partial charge on any atom is 0.205 e. The summed E-state index contributed by atoms with van der Waals surface area (Å²) < 4.78 is 9.39. The van der Waals surface area contributed by atoms with Gasteiger partial charge in [0.2, 0.25) is 5.13 Å². The fraction of sp³-hybridized carbons (Fsp3) is 0.467. The van der Waals surface area contributed by atoms with Crippen molar-refractivity contribution in [2.45, 2.75) is 13.5 Å². The van der Waals surface area contributed by atoms with Crippen LogP contribution in [0.5, 0.6) is 0 Å². The molecule has 6 heteroatoms. The number of anilines is 2. The molecule has 1 fully saturated rings. The highest BCUT2D eigenvalue weighted by molar-refractivity contribution is 7.09. The van der Waals surface area contributed by atoms with Crippen molar-refractivity contribution < 1.29 is 4.74 Å². The monoisotopic (exact) mass is 304 g/mol. The Balaban J connectivity index is 1.61. The minimum atomic E-state index is 0.486. The summed E-state index contributed by atoms with van der Waals surface area (Å²) in [5.41, 5.74) is 2.62. The molecule has 1 aromatic carbocycles. The molecule has 0 aliphatic carbocycles. The molecule has 1 aliphatic heterocycles. The second-order valence-corrected chi connectivity index (χ2v) is 5.97. The van der Waals surface area contributed by atoms with E-state index in [2.05, 4.69) is 50.3 Å². The number of piperazine rings is 1. The van der Waals surface area contributed by atoms with Crippen LogP contribution in [0.25, 0.3) is 0 Å². The van der Waals surface area contributed by atoms with Crippen LogP contribution in [0.1, 0.15) is 11.4 Å². The number of methoxy groups -OCH3 is 1. The zero-order chi connectivity index (χ0) is 14.7. The van der Waals surface area contributed by atoms with Crippen molar-refractivity contribution >= 4 is 22.4 Å².